The largest absolute Gasteiger partial charge is 0.454 e. The summed E-state index contributed by atoms with van der Waals surface area (Å²) < 4.78 is 17.7. The Bertz CT molecular complexity index is 1060. The van der Waals surface area contributed by atoms with Gasteiger partial charge in [0.05, 0.1) is 12.2 Å². The smallest absolute Gasteiger partial charge is 0.280 e. The lowest BCUT2D eigenvalue weighted by atomic mass is 10.2. The summed E-state index contributed by atoms with van der Waals surface area (Å²) in [5, 5.41) is 12.3. The van der Waals surface area contributed by atoms with Crippen LogP contribution in [0.2, 0.25) is 0 Å². The van der Waals surface area contributed by atoms with Gasteiger partial charge in [-0.1, -0.05) is 24.2 Å². The molecule has 0 saturated carbocycles. The van der Waals surface area contributed by atoms with Gasteiger partial charge < -0.3 is 18.9 Å². The summed E-state index contributed by atoms with van der Waals surface area (Å²) in [6, 6.07) is 5.30. The fraction of sp³-hybridized carbons (Fsp3) is 0.421. The molecule has 29 heavy (non-hydrogen) atoms. The monoisotopic (exact) mass is 396 g/mol. The van der Waals surface area contributed by atoms with Crippen LogP contribution in [0.15, 0.2) is 28.9 Å². The number of ether oxygens (including phenoxy) is 2. The Kier molecular flexibility index (Phi) is 4.18. The molecule has 0 bridgehead atoms. The molecule has 1 amide bonds. The van der Waals surface area contributed by atoms with Gasteiger partial charge in [0.15, 0.2) is 23.0 Å². The second-order valence-corrected chi connectivity index (χ2v) is 7.46. The van der Waals surface area contributed by atoms with Crippen LogP contribution in [-0.4, -0.2) is 55.8 Å². The van der Waals surface area contributed by atoms with E-state index in [-0.39, 0.29) is 24.7 Å². The van der Waals surface area contributed by atoms with Crippen LogP contribution in [0.1, 0.15) is 48.4 Å². The standard InChI is InChI=1S/C19H20N6O4/c1-11(2)17-20-18(29-22-17)14-9-25(23-21-14)13-5-6-24(8-13)19(26)12-3-4-15-16(7-12)28-10-27-15/h3-4,7,9,11,13H,5-6,8,10H2,1-2H3. The number of amides is 1. The zero-order valence-corrected chi connectivity index (χ0v) is 16.1. The van der Waals surface area contributed by atoms with Crippen LogP contribution in [0.25, 0.3) is 11.6 Å². The fourth-order valence-electron chi connectivity index (χ4n) is 3.48. The third kappa shape index (κ3) is 3.20. The first kappa shape index (κ1) is 17.7. The first-order valence-electron chi connectivity index (χ1n) is 9.53. The average molecular weight is 396 g/mol. The lowest BCUT2D eigenvalue weighted by Gasteiger charge is -2.16. The number of rotatable bonds is 4. The number of carbonyl (C=O) groups is 1. The number of fused-ring (bicyclic) bond motifs is 1. The first-order chi connectivity index (χ1) is 14.1. The highest BCUT2D eigenvalue weighted by atomic mass is 16.7. The molecule has 10 nitrogen and oxygen atoms in total. The Hall–Kier alpha value is -3.43. The van der Waals surface area contributed by atoms with Crippen molar-refractivity contribution >= 4 is 5.91 Å². The van der Waals surface area contributed by atoms with Gasteiger partial charge in [-0.25, -0.2) is 4.68 Å². The number of likely N-dealkylation sites (tertiary alicyclic amines) is 1. The topological polar surface area (TPSA) is 108 Å². The third-order valence-electron chi connectivity index (χ3n) is 5.13. The molecule has 0 spiro atoms. The minimum Gasteiger partial charge on any atom is -0.454 e. The minimum atomic E-state index is -0.0374. The quantitative estimate of drug-likeness (QED) is 0.661. The Morgan fingerprint density at radius 3 is 2.93 bits per heavy atom. The lowest BCUT2D eigenvalue weighted by molar-refractivity contribution is 0.0786. The molecule has 1 fully saturated rings. The van der Waals surface area contributed by atoms with Crippen molar-refractivity contribution in [3.8, 4) is 23.1 Å². The van der Waals surface area contributed by atoms with Gasteiger partial charge in [-0.05, 0) is 24.6 Å². The number of hydrogen-bond acceptors (Lipinski definition) is 8. The first-order valence-corrected chi connectivity index (χ1v) is 9.53. The lowest BCUT2D eigenvalue weighted by Crippen LogP contribution is -2.29. The van der Waals surface area contributed by atoms with E-state index in [9.17, 15) is 4.79 Å². The molecule has 0 aliphatic carbocycles. The number of aromatic nitrogens is 5. The molecule has 150 valence electrons. The van der Waals surface area contributed by atoms with Crippen LogP contribution < -0.4 is 9.47 Å². The van der Waals surface area contributed by atoms with E-state index in [0.29, 0.717) is 47.6 Å². The van der Waals surface area contributed by atoms with Crippen molar-refractivity contribution < 1.29 is 18.8 Å². The number of hydrogen-bond donors (Lipinski definition) is 0. The molecule has 2 aromatic heterocycles. The highest BCUT2D eigenvalue weighted by Gasteiger charge is 2.30. The summed E-state index contributed by atoms with van der Waals surface area (Å²) in [7, 11) is 0. The molecular formula is C19H20N6O4. The maximum atomic E-state index is 12.9. The van der Waals surface area contributed by atoms with Gasteiger partial charge in [-0.15, -0.1) is 5.10 Å². The summed E-state index contributed by atoms with van der Waals surface area (Å²) >= 11 is 0. The normalized spacial score (nSPS) is 18.0. The number of nitrogens with zero attached hydrogens (tertiary/aromatic N) is 6. The molecule has 2 aliphatic heterocycles. The minimum absolute atomic E-state index is 0.0374. The van der Waals surface area contributed by atoms with Crippen molar-refractivity contribution in [2.24, 2.45) is 0 Å². The van der Waals surface area contributed by atoms with E-state index in [4.69, 9.17) is 14.0 Å². The molecule has 1 aromatic carbocycles. The molecule has 0 radical (unpaired) electrons. The van der Waals surface area contributed by atoms with Crippen LogP contribution in [0.5, 0.6) is 11.5 Å². The summed E-state index contributed by atoms with van der Waals surface area (Å²) in [4.78, 5) is 19.0. The molecule has 2 aliphatic rings. The van der Waals surface area contributed by atoms with Crippen molar-refractivity contribution in [3.05, 3.63) is 35.8 Å². The van der Waals surface area contributed by atoms with Gasteiger partial charge >= 0.3 is 0 Å². The Balaban J connectivity index is 1.28. The predicted molar refractivity (Wildman–Crippen MR) is 99.5 cm³/mol. The Morgan fingerprint density at radius 2 is 2.10 bits per heavy atom. The zero-order valence-electron chi connectivity index (χ0n) is 16.1. The molecule has 1 saturated heterocycles. The van der Waals surface area contributed by atoms with Crippen LogP contribution in [0, 0.1) is 0 Å². The van der Waals surface area contributed by atoms with E-state index < -0.39 is 0 Å². The summed E-state index contributed by atoms with van der Waals surface area (Å²) in [5.74, 6) is 2.39. The van der Waals surface area contributed by atoms with E-state index in [1.54, 1.807) is 29.1 Å². The maximum Gasteiger partial charge on any atom is 0.280 e. The van der Waals surface area contributed by atoms with E-state index >= 15 is 0 Å². The van der Waals surface area contributed by atoms with E-state index in [2.05, 4.69) is 20.5 Å². The second-order valence-electron chi connectivity index (χ2n) is 7.46. The van der Waals surface area contributed by atoms with E-state index in [1.807, 2.05) is 18.7 Å². The highest BCUT2D eigenvalue weighted by Crippen LogP contribution is 2.33. The van der Waals surface area contributed by atoms with Gasteiger partial charge in [-0.2, -0.15) is 4.98 Å². The van der Waals surface area contributed by atoms with Crippen molar-refractivity contribution in [3.63, 3.8) is 0 Å². The highest BCUT2D eigenvalue weighted by molar-refractivity contribution is 5.95. The molecule has 0 N–H and O–H groups in total. The fourth-order valence-corrected chi connectivity index (χ4v) is 3.48. The molecule has 1 atom stereocenters. The molecule has 5 rings (SSSR count). The van der Waals surface area contributed by atoms with Gasteiger partial charge in [0.1, 0.15) is 0 Å². The van der Waals surface area contributed by atoms with Crippen LogP contribution >= 0.6 is 0 Å². The SMILES string of the molecule is CC(C)c1noc(-c2cn(C3CCN(C(=O)c4ccc5c(c4)OCO5)C3)nn2)n1. The van der Waals surface area contributed by atoms with Crippen LogP contribution in [-0.2, 0) is 0 Å². The van der Waals surface area contributed by atoms with Crippen molar-refractivity contribution in [1.82, 2.24) is 30.0 Å². The molecule has 10 heteroatoms. The van der Waals surface area contributed by atoms with Gasteiger partial charge in [0, 0.05) is 24.6 Å². The van der Waals surface area contributed by atoms with Gasteiger partial charge in [0.25, 0.3) is 11.8 Å². The van der Waals surface area contributed by atoms with Crippen molar-refractivity contribution in [1.29, 1.82) is 0 Å². The third-order valence-corrected chi connectivity index (χ3v) is 5.13. The Labute approximate surface area is 166 Å². The average Bonchev–Trinajstić information content (AvgIpc) is 3.52. The summed E-state index contributed by atoms with van der Waals surface area (Å²) in [6.45, 7) is 5.37. The summed E-state index contributed by atoms with van der Waals surface area (Å²) in [6.07, 6.45) is 2.58. The van der Waals surface area contributed by atoms with Crippen LogP contribution in [0.3, 0.4) is 0 Å². The van der Waals surface area contributed by atoms with Crippen molar-refractivity contribution in [2.45, 2.75) is 32.2 Å². The van der Waals surface area contributed by atoms with Gasteiger partial charge in [-0.3, -0.25) is 4.79 Å². The molecule has 4 heterocycles. The van der Waals surface area contributed by atoms with Crippen LogP contribution in [0.4, 0.5) is 0 Å². The van der Waals surface area contributed by atoms with E-state index in [1.165, 1.54) is 0 Å². The number of benzene rings is 1. The maximum absolute atomic E-state index is 12.9. The molecule has 1 unspecified atom stereocenters. The van der Waals surface area contributed by atoms with Gasteiger partial charge in [0.2, 0.25) is 6.79 Å². The number of carbonyl (C=O) groups excluding carboxylic acids is 1. The van der Waals surface area contributed by atoms with Crippen molar-refractivity contribution in [2.75, 3.05) is 19.9 Å². The van der Waals surface area contributed by atoms with E-state index in [0.717, 1.165) is 6.42 Å². The Morgan fingerprint density at radius 1 is 1.24 bits per heavy atom. The predicted octanol–water partition coefficient (Wildman–Crippen LogP) is 2.27. The zero-order chi connectivity index (χ0) is 20.0. The summed E-state index contributed by atoms with van der Waals surface area (Å²) in [5.41, 5.74) is 1.12. The molecular weight excluding hydrogens is 376 g/mol. The molecule has 3 aromatic rings. The second kappa shape index (κ2) is 6.87.